The molecule has 1 unspecified atom stereocenters. The van der Waals surface area contributed by atoms with Crippen molar-refractivity contribution in [1.29, 1.82) is 5.26 Å². The van der Waals surface area contributed by atoms with Crippen molar-refractivity contribution in [3.63, 3.8) is 0 Å². The van der Waals surface area contributed by atoms with E-state index in [4.69, 9.17) is 0 Å². The second-order valence-corrected chi connectivity index (χ2v) is 5.59. The van der Waals surface area contributed by atoms with E-state index in [1.807, 2.05) is 0 Å². The third-order valence-electron chi connectivity index (χ3n) is 4.43. The van der Waals surface area contributed by atoms with E-state index in [0.29, 0.717) is 0 Å². The van der Waals surface area contributed by atoms with Crippen LogP contribution in [0.2, 0.25) is 0 Å². The number of fused-ring (bicyclic) bond motifs is 1. The van der Waals surface area contributed by atoms with Crippen molar-refractivity contribution in [2.45, 2.75) is 38.6 Å². The van der Waals surface area contributed by atoms with Gasteiger partial charge in [0.15, 0.2) is 0 Å². The normalized spacial score (nSPS) is 21.5. The van der Waals surface area contributed by atoms with E-state index in [9.17, 15) is 5.26 Å². The van der Waals surface area contributed by atoms with Crippen molar-refractivity contribution in [2.75, 3.05) is 26.2 Å². The smallest absolute Gasteiger partial charge is 0.111 e. The summed E-state index contributed by atoms with van der Waals surface area (Å²) in [6, 6.07) is 11.0. The van der Waals surface area contributed by atoms with Gasteiger partial charge in [-0.2, -0.15) is 5.26 Å². The molecule has 0 saturated carbocycles. The summed E-state index contributed by atoms with van der Waals surface area (Å²) >= 11 is 0. The molecule has 1 aromatic rings. The van der Waals surface area contributed by atoms with Crippen LogP contribution in [0.25, 0.3) is 0 Å². The highest BCUT2D eigenvalue weighted by Crippen LogP contribution is 2.28. The van der Waals surface area contributed by atoms with Crippen LogP contribution in [0, 0.1) is 11.3 Å². The summed E-state index contributed by atoms with van der Waals surface area (Å²) in [6.45, 7) is 8.40. The van der Waals surface area contributed by atoms with Crippen molar-refractivity contribution in [3.05, 3.63) is 35.4 Å². The number of aryl methyl sites for hydroxylation is 1. The van der Waals surface area contributed by atoms with Gasteiger partial charge < -0.3 is 4.90 Å². The molecular formula is C17H25N3. The first-order chi connectivity index (χ1) is 9.73. The predicted octanol–water partition coefficient (Wildman–Crippen LogP) is 2.37. The lowest BCUT2D eigenvalue weighted by Gasteiger charge is -2.34. The summed E-state index contributed by atoms with van der Waals surface area (Å²) < 4.78 is 0. The van der Waals surface area contributed by atoms with Crippen LogP contribution in [0.15, 0.2) is 24.3 Å². The average molecular weight is 271 g/mol. The van der Waals surface area contributed by atoms with E-state index in [2.05, 4.69) is 54.4 Å². The Labute approximate surface area is 122 Å². The minimum Gasteiger partial charge on any atom is -0.303 e. The summed E-state index contributed by atoms with van der Waals surface area (Å²) in [6.07, 6.45) is 2.75. The number of nitriles is 1. The highest BCUT2D eigenvalue weighted by Gasteiger charge is 2.33. The number of hydrogen-bond acceptors (Lipinski definition) is 3. The second-order valence-electron chi connectivity index (χ2n) is 5.59. The van der Waals surface area contributed by atoms with Gasteiger partial charge in [0.05, 0.1) is 6.07 Å². The molecule has 0 amide bonds. The molecular weight excluding hydrogens is 246 g/mol. The number of nitrogens with one attached hydrogen (secondary N) is 1. The summed E-state index contributed by atoms with van der Waals surface area (Å²) in [7, 11) is 0. The molecule has 0 bridgehead atoms. The SMILES string of the molecule is CCN(CC)CCNC1(C#N)CCc2ccccc2C1. The molecule has 108 valence electrons. The minimum absolute atomic E-state index is 0.374. The van der Waals surface area contributed by atoms with Gasteiger partial charge in [-0.3, -0.25) is 5.32 Å². The van der Waals surface area contributed by atoms with E-state index in [-0.39, 0.29) is 5.54 Å². The van der Waals surface area contributed by atoms with Crippen LogP contribution in [0.3, 0.4) is 0 Å². The second kappa shape index (κ2) is 6.88. The van der Waals surface area contributed by atoms with Crippen molar-refractivity contribution < 1.29 is 0 Å². The molecule has 1 N–H and O–H groups in total. The van der Waals surface area contributed by atoms with Gasteiger partial charge in [-0.05, 0) is 37.1 Å². The van der Waals surface area contributed by atoms with Gasteiger partial charge in [0.2, 0.25) is 0 Å². The van der Waals surface area contributed by atoms with Crippen LogP contribution in [0.1, 0.15) is 31.4 Å². The number of hydrogen-bond donors (Lipinski definition) is 1. The maximum atomic E-state index is 9.62. The van der Waals surface area contributed by atoms with Crippen LogP contribution in [-0.2, 0) is 12.8 Å². The first-order valence-corrected chi connectivity index (χ1v) is 7.68. The Morgan fingerprint density at radius 3 is 2.60 bits per heavy atom. The highest BCUT2D eigenvalue weighted by atomic mass is 15.1. The fourth-order valence-corrected chi connectivity index (χ4v) is 3.01. The van der Waals surface area contributed by atoms with Gasteiger partial charge in [-0.25, -0.2) is 0 Å². The first kappa shape index (κ1) is 15.0. The Kier molecular flexibility index (Phi) is 5.17. The standard InChI is InChI=1S/C17H25N3/c1-3-20(4-2)12-11-19-17(14-18)10-9-15-7-5-6-8-16(15)13-17/h5-8,19H,3-4,9-13H2,1-2H3. The quantitative estimate of drug-likeness (QED) is 0.863. The largest absolute Gasteiger partial charge is 0.303 e. The molecule has 20 heavy (non-hydrogen) atoms. The maximum absolute atomic E-state index is 9.62. The van der Waals surface area contributed by atoms with Gasteiger partial charge in [0, 0.05) is 19.5 Å². The van der Waals surface area contributed by atoms with E-state index in [1.165, 1.54) is 11.1 Å². The molecule has 0 fully saturated rings. The lowest BCUT2D eigenvalue weighted by Crippen LogP contribution is -2.50. The average Bonchev–Trinajstić information content (AvgIpc) is 2.51. The van der Waals surface area contributed by atoms with Crippen molar-refractivity contribution in [1.82, 2.24) is 10.2 Å². The number of benzene rings is 1. The van der Waals surface area contributed by atoms with Crippen LogP contribution in [0.4, 0.5) is 0 Å². The minimum atomic E-state index is -0.374. The molecule has 0 aromatic heterocycles. The fraction of sp³-hybridized carbons (Fsp3) is 0.588. The first-order valence-electron chi connectivity index (χ1n) is 7.68. The fourth-order valence-electron chi connectivity index (χ4n) is 3.01. The third kappa shape index (κ3) is 3.39. The Morgan fingerprint density at radius 1 is 1.25 bits per heavy atom. The van der Waals surface area contributed by atoms with E-state index in [1.54, 1.807) is 0 Å². The molecule has 3 nitrogen and oxygen atoms in total. The molecule has 1 aliphatic rings. The third-order valence-corrected chi connectivity index (χ3v) is 4.43. The molecule has 3 heteroatoms. The van der Waals surface area contributed by atoms with E-state index in [0.717, 1.165) is 45.4 Å². The van der Waals surface area contributed by atoms with Crippen LogP contribution >= 0.6 is 0 Å². The number of rotatable bonds is 6. The molecule has 1 aromatic carbocycles. The van der Waals surface area contributed by atoms with Gasteiger partial charge in [0.1, 0.15) is 5.54 Å². The van der Waals surface area contributed by atoms with Gasteiger partial charge >= 0.3 is 0 Å². The topological polar surface area (TPSA) is 39.1 Å². The van der Waals surface area contributed by atoms with E-state index < -0.39 is 0 Å². The summed E-state index contributed by atoms with van der Waals surface area (Å²) in [5, 5.41) is 13.1. The highest BCUT2D eigenvalue weighted by molar-refractivity contribution is 5.34. The molecule has 1 aliphatic carbocycles. The molecule has 1 atom stereocenters. The molecule has 0 aliphatic heterocycles. The van der Waals surface area contributed by atoms with Crippen molar-refractivity contribution in [2.24, 2.45) is 0 Å². The molecule has 2 rings (SSSR count). The lowest BCUT2D eigenvalue weighted by molar-refractivity contribution is 0.277. The number of likely N-dealkylation sites (N-methyl/N-ethyl adjacent to an activating group) is 1. The van der Waals surface area contributed by atoms with Crippen LogP contribution < -0.4 is 5.32 Å². The summed E-state index contributed by atoms with van der Waals surface area (Å²) in [5.41, 5.74) is 2.36. The Bertz CT molecular complexity index is 473. The van der Waals surface area contributed by atoms with E-state index >= 15 is 0 Å². The van der Waals surface area contributed by atoms with Gasteiger partial charge in [0.25, 0.3) is 0 Å². The Hall–Kier alpha value is -1.37. The predicted molar refractivity (Wildman–Crippen MR) is 82.6 cm³/mol. The lowest BCUT2D eigenvalue weighted by atomic mass is 9.79. The van der Waals surface area contributed by atoms with Crippen LogP contribution in [0.5, 0.6) is 0 Å². The zero-order valence-electron chi connectivity index (χ0n) is 12.7. The molecule has 0 spiro atoms. The molecule has 0 saturated heterocycles. The zero-order valence-corrected chi connectivity index (χ0v) is 12.7. The van der Waals surface area contributed by atoms with Crippen molar-refractivity contribution >= 4 is 0 Å². The molecule has 0 radical (unpaired) electrons. The monoisotopic (exact) mass is 271 g/mol. The van der Waals surface area contributed by atoms with Gasteiger partial charge in [-0.1, -0.05) is 38.1 Å². The van der Waals surface area contributed by atoms with Crippen LogP contribution in [-0.4, -0.2) is 36.6 Å². The summed E-state index contributed by atoms with van der Waals surface area (Å²) in [4.78, 5) is 2.38. The Morgan fingerprint density at radius 2 is 1.95 bits per heavy atom. The molecule has 0 heterocycles. The Balaban J connectivity index is 1.97. The van der Waals surface area contributed by atoms with Crippen molar-refractivity contribution in [3.8, 4) is 6.07 Å². The maximum Gasteiger partial charge on any atom is 0.111 e. The zero-order chi connectivity index (χ0) is 14.4. The summed E-state index contributed by atoms with van der Waals surface area (Å²) in [5.74, 6) is 0. The number of nitrogens with zero attached hydrogens (tertiary/aromatic N) is 2. The van der Waals surface area contributed by atoms with Gasteiger partial charge in [-0.15, -0.1) is 0 Å².